The number of fused-ring (bicyclic) bond motifs is 1. The van der Waals surface area contributed by atoms with E-state index in [4.69, 9.17) is 9.94 Å². The van der Waals surface area contributed by atoms with Crippen molar-refractivity contribution >= 4 is 26.8 Å². The van der Waals surface area contributed by atoms with E-state index in [0.29, 0.717) is 25.4 Å². The van der Waals surface area contributed by atoms with Gasteiger partial charge in [-0.05, 0) is 63.2 Å². The Morgan fingerprint density at radius 1 is 1.12 bits per heavy atom. The molecule has 1 aromatic heterocycles. The number of hydrogen-bond donors (Lipinski definition) is 4. The summed E-state index contributed by atoms with van der Waals surface area (Å²) in [6.07, 6.45) is 2.94. The van der Waals surface area contributed by atoms with Crippen LogP contribution >= 0.6 is 0 Å². The van der Waals surface area contributed by atoms with Gasteiger partial charge in [-0.15, -0.1) is 0 Å². The molecule has 0 saturated carbocycles. The maximum absolute atomic E-state index is 12.8. The van der Waals surface area contributed by atoms with Crippen molar-refractivity contribution in [3.05, 3.63) is 59.8 Å². The van der Waals surface area contributed by atoms with Crippen LogP contribution in [-0.4, -0.2) is 55.1 Å². The fourth-order valence-corrected chi connectivity index (χ4v) is 5.39. The van der Waals surface area contributed by atoms with Crippen LogP contribution in [0.15, 0.2) is 53.4 Å². The second-order valence-electron chi connectivity index (χ2n) is 8.47. The SMILES string of the molecule is Cc1[nH]c2ccccc2c1COc1ccc(S(=O)(=O)NC[C@@H](C(=O)NO)N2CCCCC2)cc1. The number of aryl methyl sites for hydroxylation is 1. The van der Waals surface area contributed by atoms with Gasteiger partial charge in [0.1, 0.15) is 18.4 Å². The predicted molar refractivity (Wildman–Crippen MR) is 128 cm³/mol. The second-order valence-corrected chi connectivity index (χ2v) is 10.2. The van der Waals surface area contributed by atoms with Crippen LogP contribution in [0.1, 0.15) is 30.5 Å². The number of rotatable bonds is 9. The lowest BCUT2D eigenvalue weighted by atomic mass is 10.1. The highest BCUT2D eigenvalue weighted by atomic mass is 32.2. The summed E-state index contributed by atoms with van der Waals surface area (Å²) in [4.78, 5) is 17.4. The number of H-pyrrole nitrogens is 1. The van der Waals surface area contributed by atoms with Gasteiger partial charge in [0.05, 0.1) is 4.90 Å². The average Bonchev–Trinajstić information content (AvgIpc) is 3.18. The molecule has 4 N–H and O–H groups in total. The Labute approximate surface area is 199 Å². The first-order valence-electron chi connectivity index (χ1n) is 11.4. The van der Waals surface area contributed by atoms with E-state index in [-0.39, 0.29) is 11.4 Å². The van der Waals surface area contributed by atoms with Crippen LogP contribution in [0.3, 0.4) is 0 Å². The molecule has 1 amide bonds. The molecule has 2 heterocycles. The zero-order valence-electron chi connectivity index (χ0n) is 19.1. The van der Waals surface area contributed by atoms with E-state index in [9.17, 15) is 13.2 Å². The van der Waals surface area contributed by atoms with E-state index in [0.717, 1.165) is 41.4 Å². The standard InChI is InChI=1S/C24H30N4O5S/c1-17-21(20-7-3-4-8-22(20)26-17)16-33-18-9-11-19(12-10-18)34(31,32)25-15-23(24(29)27-30)28-13-5-2-6-14-28/h3-4,7-12,23,25-26,30H,2,5-6,13-16H2,1H3,(H,27,29)/t23-/m0/s1. The zero-order valence-corrected chi connectivity index (χ0v) is 19.9. The Morgan fingerprint density at radius 2 is 1.82 bits per heavy atom. The average molecular weight is 487 g/mol. The summed E-state index contributed by atoms with van der Waals surface area (Å²) >= 11 is 0. The number of aromatic nitrogens is 1. The molecule has 0 bridgehead atoms. The molecule has 34 heavy (non-hydrogen) atoms. The number of hydroxylamine groups is 1. The number of ether oxygens (including phenoxy) is 1. The minimum atomic E-state index is -3.85. The van der Waals surface area contributed by atoms with E-state index < -0.39 is 22.0 Å². The van der Waals surface area contributed by atoms with Crippen molar-refractivity contribution in [3.63, 3.8) is 0 Å². The molecule has 3 aromatic rings. The highest BCUT2D eigenvalue weighted by Gasteiger charge is 2.28. The van der Waals surface area contributed by atoms with E-state index in [1.54, 1.807) is 17.6 Å². The summed E-state index contributed by atoms with van der Waals surface area (Å²) in [7, 11) is -3.85. The van der Waals surface area contributed by atoms with Crippen molar-refractivity contribution in [1.82, 2.24) is 20.1 Å². The number of hydrogen-bond acceptors (Lipinski definition) is 6. The van der Waals surface area contributed by atoms with Gasteiger partial charge < -0.3 is 9.72 Å². The summed E-state index contributed by atoms with van der Waals surface area (Å²) in [6.45, 7) is 3.58. The number of likely N-dealkylation sites (tertiary alicyclic amines) is 1. The molecule has 0 aliphatic carbocycles. The first-order valence-corrected chi connectivity index (χ1v) is 12.8. The van der Waals surface area contributed by atoms with Crippen molar-refractivity contribution in [2.75, 3.05) is 19.6 Å². The van der Waals surface area contributed by atoms with Gasteiger partial charge in [0, 0.05) is 28.7 Å². The maximum Gasteiger partial charge on any atom is 0.262 e. The molecule has 10 heteroatoms. The Hall–Kier alpha value is -2.92. The normalized spacial score (nSPS) is 15.8. The number of piperidine rings is 1. The molecule has 2 aromatic carbocycles. The monoisotopic (exact) mass is 486 g/mol. The molecule has 0 radical (unpaired) electrons. The third kappa shape index (κ3) is 5.41. The van der Waals surface area contributed by atoms with E-state index in [2.05, 4.69) is 9.71 Å². The number of aromatic amines is 1. The lowest BCUT2D eigenvalue weighted by Gasteiger charge is -2.33. The number of carbonyl (C=O) groups excluding carboxylic acids is 1. The lowest BCUT2D eigenvalue weighted by molar-refractivity contribution is -0.135. The van der Waals surface area contributed by atoms with E-state index >= 15 is 0 Å². The predicted octanol–water partition coefficient (Wildman–Crippen LogP) is 2.69. The summed E-state index contributed by atoms with van der Waals surface area (Å²) in [5.41, 5.74) is 4.78. The summed E-state index contributed by atoms with van der Waals surface area (Å²) in [5, 5.41) is 10.2. The number of para-hydroxylation sites is 1. The molecule has 1 fully saturated rings. The van der Waals surface area contributed by atoms with Gasteiger partial charge in [0.15, 0.2) is 0 Å². The second kappa shape index (κ2) is 10.6. The lowest BCUT2D eigenvalue weighted by Crippen LogP contribution is -2.53. The van der Waals surface area contributed by atoms with Crippen LogP contribution in [0, 0.1) is 6.92 Å². The minimum absolute atomic E-state index is 0.0740. The Morgan fingerprint density at radius 3 is 2.53 bits per heavy atom. The van der Waals surface area contributed by atoms with Gasteiger partial charge in [0.2, 0.25) is 10.0 Å². The van der Waals surface area contributed by atoms with Gasteiger partial charge in [-0.2, -0.15) is 0 Å². The molecule has 4 rings (SSSR count). The number of sulfonamides is 1. The Bertz CT molecular complexity index is 1230. The summed E-state index contributed by atoms with van der Waals surface area (Å²) in [6, 6.07) is 13.4. The van der Waals surface area contributed by atoms with Crippen LogP contribution in [-0.2, 0) is 21.4 Å². The van der Waals surface area contributed by atoms with Gasteiger partial charge in [-0.3, -0.25) is 14.9 Å². The topological polar surface area (TPSA) is 124 Å². The van der Waals surface area contributed by atoms with Crippen LogP contribution < -0.4 is 14.9 Å². The number of amides is 1. The molecule has 1 saturated heterocycles. The van der Waals surface area contributed by atoms with E-state index in [1.165, 1.54) is 12.1 Å². The highest BCUT2D eigenvalue weighted by molar-refractivity contribution is 7.89. The molecule has 9 nitrogen and oxygen atoms in total. The number of benzene rings is 2. The van der Waals surface area contributed by atoms with Crippen molar-refractivity contribution in [2.24, 2.45) is 0 Å². The first-order chi connectivity index (χ1) is 16.4. The maximum atomic E-state index is 12.8. The van der Waals surface area contributed by atoms with Crippen molar-refractivity contribution in [3.8, 4) is 5.75 Å². The molecular formula is C24H30N4O5S. The zero-order chi connectivity index (χ0) is 24.1. The third-order valence-electron chi connectivity index (χ3n) is 6.26. The first kappa shape index (κ1) is 24.2. The Balaban J connectivity index is 1.39. The van der Waals surface area contributed by atoms with Crippen molar-refractivity contribution in [2.45, 2.75) is 43.7 Å². The van der Waals surface area contributed by atoms with Crippen LogP contribution in [0.2, 0.25) is 0 Å². The molecule has 0 spiro atoms. The van der Waals surface area contributed by atoms with Gasteiger partial charge in [0.25, 0.3) is 5.91 Å². The number of carbonyl (C=O) groups is 1. The fraction of sp³-hybridized carbons (Fsp3) is 0.375. The van der Waals surface area contributed by atoms with Crippen LogP contribution in [0.25, 0.3) is 10.9 Å². The number of nitrogens with one attached hydrogen (secondary N) is 3. The molecule has 1 aliphatic rings. The summed E-state index contributed by atoms with van der Waals surface area (Å²) < 4.78 is 34.0. The van der Waals surface area contributed by atoms with Crippen LogP contribution in [0.4, 0.5) is 0 Å². The highest BCUT2D eigenvalue weighted by Crippen LogP contribution is 2.24. The van der Waals surface area contributed by atoms with E-state index in [1.807, 2.05) is 36.1 Å². The largest absolute Gasteiger partial charge is 0.489 e. The third-order valence-corrected chi connectivity index (χ3v) is 7.69. The van der Waals surface area contributed by atoms with Gasteiger partial charge in [-0.1, -0.05) is 24.6 Å². The quantitative estimate of drug-likeness (QED) is 0.272. The summed E-state index contributed by atoms with van der Waals surface area (Å²) in [5.74, 6) is -0.0737. The van der Waals surface area contributed by atoms with Gasteiger partial charge in [-0.25, -0.2) is 18.6 Å². The molecule has 1 aliphatic heterocycles. The number of nitrogens with zero attached hydrogens (tertiary/aromatic N) is 1. The molecular weight excluding hydrogens is 456 g/mol. The van der Waals surface area contributed by atoms with Crippen LogP contribution in [0.5, 0.6) is 5.75 Å². The molecule has 182 valence electrons. The molecule has 0 unspecified atom stereocenters. The minimum Gasteiger partial charge on any atom is -0.489 e. The fourth-order valence-electron chi connectivity index (χ4n) is 4.36. The van der Waals surface area contributed by atoms with Crippen molar-refractivity contribution in [1.29, 1.82) is 0 Å². The smallest absolute Gasteiger partial charge is 0.262 e. The Kier molecular flexibility index (Phi) is 7.52. The van der Waals surface area contributed by atoms with Gasteiger partial charge >= 0.3 is 0 Å². The van der Waals surface area contributed by atoms with Crippen molar-refractivity contribution < 1.29 is 23.2 Å². The molecule has 1 atom stereocenters.